The summed E-state index contributed by atoms with van der Waals surface area (Å²) in [5.41, 5.74) is 3.63. The highest BCUT2D eigenvalue weighted by molar-refractivity contribution is 5.75. The summed E-state index contributed by atoms with van der Waals surface area (Å²) in [7, 11) is 0. The number of aryl methyl sites for hydroxylation is 2. The molecule has 18 heavy (non-hydrogen) atoms. The smallest absolute Gasteiger partial charge is 0.0207 e. The summed E-state index contributed by atoms with van der Waals surface area (Å²) in [6.45, 7) is 12.0. The molecule has 100 valence electrons. The van der Waals surface area contributed by atoms with Gasteiger partial charge in [0.2, 0.25) is 0 Å². The van der Waals surface area contributed by atoms with Crippen LogP contribution in [0.3, 0.4) is 0 Å². The Morgan fingerprint density at radius 2 is 1.39 bits per heavy atom. The van der Waals surface area contributed by atoms with E-state index in [-0.39, 0.29) is 0 Å². The van der Waals surface area contributed by atoms with Crippen LogP contribution in [0.15, 0.2) is 48.1 Å². The first-order chi connectivity index (χ1) is 8.60. The molecule has 0 radical (unpaired) electrons. The Morgan fingerprint density at radius 3 is 1.67 bits per heavy atom. The highest BCUT2D eigenvalue weighted by Crippen LogP contribution is 1.99. The quantitative estimate of drug-likeness (QED) is 0.526. The minimum Gasteiger partial charge on any atom is -0.308 e. The molecule has 0 fully saturated rings. The van der Waals surface area contributed by atoms with Gasteiger partial charge in [-0.2, -0.15) is 0 Å². The zero-order chi connectivity index (χ0) is 14.4. The largest absolute Gasteiger partial charge is 0.308 e. The van der Waals surface area contributed by atoms with Crippen molar-refractivity contribution < 1.29 is 0 Å². The Morgan fingerprint density at radius 1 is 1.00 bits per heavy atom. The van der Waals surface area contributed by atoms with Gasteiger partial charge in [0, 0.05) is 6.21 Å². The molecule has 1 nitrogen and oxygen atoms in total. The first-order valence-electron chi connectivity index (χ1n) is 6.43. The van der Waals surface area contributed by atoms with Gasteiger partial charge in [-0.1, -0.05) is 67.5 Å². The number of nitrogens with one attached hydrogen (secondary N) is 1. The SMILES string of the molecule is C/C=C/C=C(/C)C=N.CC.Cc1ccc(C)cc1. The second kappa shape index (κ2) is 13.4. The highest BCUT2D eigenvalue weighted by Gasteiger charge is 1.79. The molecule has 0 saturated heterocycles. The van der Waals surface area contributed by atoms with Gasteiger partial charge < -0.3 is 5.41 Å². The van der Waals surface area contributed by atoms with Crippen molar-refractivity contribution >= 4 is 6.21 Å². The minimum atomic E-state index is 0.975. The monoisotopic (exact) mass is 245 g/mol. The molecule has 0 aliphatic rings. The second-order valence-electron chi connectivity index (χ2n) is 3.74. The second-order valence-corrected chi connectivity index (χ2v) is 3.74. The predicted octanol–water partition coefficient (Wildman–Crippen LogP) is 5.49. The Hall–Kier alpha value is -1.63. The van der Waals surface area contributed by atoms with Gasteiger partial charge in [-0.15, -0.1) is 0 Å². The highest BCUT2D eigenvalue weighted by atomic mass is 14.3. The summed E-state index contributed by atoms with van der Waals surface area (Å²) in [5.74, 6) is 0. The van der Waals surface area contributed by atoms with Crippen molar-refractivity contribution in [2.24, 2.45) is 0 Å². The van der Waals surface area contributed by atoms with Gasteiger partial charge >= 0.3 is 0 Å². The lowest BCUT2D eigenvalue weighted by Crippen LogP contribution is -1.70. The van der Waals surface area contributed by atoms with E-state index >= 15 is 0 Å². The zero-order valence-electron chi connectivity index (χ0n) is 12.6. The van der Waals surface area contributed by atoms with Crippen molar-refractivity contribution in [1.29, 1.82) is 5.41 Å². The van der Waals surface area contributed by atoms with Crippen LogP contribution in [0.5, 0.6) is 0 Å². The van der Waals surface area contributed by atoms with Crippen molar-refractivity contribution in [2.45, 2.75) is 41.5 Å². The van der Waals surface area contributed by atoms with Crippen LogP contribution in [-0.4, -0.2) is 6.21 Å². The van der Waals surface area contributed by atoms with Crippen LogP contribution in [0.1, 0.15) is 38.8 Å². The molecule has 0 aromatic heterocycles. The maximum atomic E-state index is 6.76. The maximum Gasteiger partial charge on any atom is 0.0207 e. The normalized spacial score (nSPS) is 10.0. The number of hydrogen-bond donors (Lipinski definition) is 1. The first kappa shape index (κ1) is 18.7. The van der Waals surface area contributed by atoms with Gasteiger partial charge in [-0.05, 0) is 33.3 Å². The van der Waals surface area contributed by atoms with E-state index in [0.717, 1.165) is 5.57 Å². The topological polar surface area (TPSA) is 23.9 Å². The van der Waals surface area contributed by atoms with E-state index < -0.39 is 0 Å². The number of benzene rings is 1. The summed E-state index contributed by atoms with van der Waals surface area (Å²) in [4.78, 5) is 0. The number of hydrogen-bond acceptors (Lipinski definition) is 1. The van der Waals surface area contributed by atoms with Crippen molar-refractivity contribution in [3.05, 3.63) is 59.2 Å². The standard InChI is InChI=1S/C8H10.C7H11N.C2H6/c1-7-3-5-8(2)6-4-7;1-3-4-5-7(2)6-8;1-2/h3-6H,1-2H3;3-6,8H,1-2H3;1-2H3/b;4-3+,7-5-,8-6?;. The van der Waals surface area contributed by atoms with Crippen LogP contribution in [0.4, 0.5) is 0 Å². The summed E-state index contributed by atoms with van der Waals surface area (Å²) in [5, 5.41) is 6.76. The lowest BCUT2D eigenvalue weighted by molar-refractivity contribution is 1.40. The fraction of sp³-hybridized carbons (Fsp3) is 0.353. The van der Waals surface area contributed by atoms with Gasteiger partial charge in [0.05, 0.1) is 0 Å². The van der Waals surface area contributed by atoms with Crippen molar-refractivity contribution in [3.63, 3.8) is 0 Å². The molecule has 0 aliphatic heterocycles. The molecule has 0 saturated carbocycles. The molecule has 0 heterocycles. The lowest BCUT2D eigenvalue weighted by Gasteiger charge is -1.90. The third-order valence-corrected chi connectivity index (χ3v) is 2.00. The van der Waals surface area contributed by atoms with Crippen molar-refractivity contribution in [1.82, 2.24) is 0 Å². The molecule has 1 heteroatoms. The maximum absolute atomic E-state index is 6.76. The fourth-order valence-corrected chi connectivity index (χ4v) is 0.933. The van der Waals surface area contributed by atoms with E-state index in [9.17, 15) is 0 Å². The lowest BCUT2D eigenvalue weighted by atomic mass is 10.2. The van der Waals surface area contributed by atoms with Gasteiger partial charge in [-0.25, -0.2) is 0 Å². The molecule has 0 aliphatic carbocycles. The van der Waals surface area contributed by atoms with E-state index in [0.29, 0.717) is 0 Å². The van der Waals surface area contributed by atoms with E-state index in [1.165, 1.54) is 17.3 Å². The van der Waals surface area contributed by atoms with Gasteiger partial charge in [0.25, 0.3) is 0 Å². The first-order valence-corrected chi connectivity index (χ1v) is 6.43. The van der Waals surface area contributed by atoms with Crippen molar-refractivity contribution in [3.8, 4) is 0 Å². The molecule has 1 aromatic carbocycles. The molecule has 0 amide bonds. The summed E-state index contributed by atoms with van der Waals surface area (Å²) < 4.78 is 0. The average molecular weight is 245 g/mol. The Kier molecular flexibility index (Phi) is 14.0. The Labute approximate surface area is 113 Å². The third-order valence-electron chi connectivity index (χ3n) is 2.00. The van der Waals surface area contributed by atoms with E-state index in [1.54, 1.807) is 0 Å². The minimum absolute atomic E-state index is 0.975. The fourth-order valence-electron chi connectivity index (χ4n) is 0.933. The van der Waals surface area contributed by atoms with Crippen LogP contribution in [0.2, 0.25) is 0 Å². The molecular formula is C17H27N. The van der Waals surface area contributed by atoms with Gasteiger partial charge in [0.1, 0.15) is 0 Å². The molecule has 0 bridgehead atoms. The van der Waals surface area contributed by atoms with Crippen LogP contribution in [0.25, 0.3) is 0 Å². The molecular weight excluding hydrogens is 218 g/mol. The Bertz CT molecular complexity index is 335. The molecule has 1 N–H and O–H groups in total. The van der Waals surface area contributed by atoms with E-state index in [1.807, 2.05) is 45.9 Å². The van der Waals surface area contributed by atoms with Gasteiger partial charge in [-0.3, -0.25) is 0 Å². The third kappa shape index (κ3) is 12.4. The van der Waals surface area contributed by atoms with E-state index in [4.69, 9.17) is 5.41 Å². The van der Waals surface area contributed by atoms with Crippen molar-refractivity contribution in [2.75, 3.05) is 0 Å². The van der Waals surface area contributed by atoms with Gasteiger partial charge in [0.15, 0.2) is 0 Å². The molecule has 1 aromatic rings. The van der Waals surface area contributed by atoms with E-state index in [2.05, 4.69) is 38.1 Å². The van der Waals surface area contributed by atoms with Crippen LogP contribution < -0.4 is 0 Å². The number of allylic oxidation sites excluding steroid dienone is 4. The molecule has 0 spiro atoms. The Balaban J connectivity index is 0. The summed E-state index contributed by atoms with van der Waals surface area (Å²) in [6.07, 6.45) is 7.08. The summed E-state index contributed by atoms with van der Waals surface area (Å²) >= 11 is 0. The van der Waals surface area contributed by atoms with Crippen LogP contribution in [-0.2, 0) is 0 Å². The molecule has 1 rings (SSSR count). The predicted molar refractivity (Wildman–Crippen MR) is 84.6 cm³/mol. The molecule has 0 unspecified atom stereocenters. The summed E-state index contributed by atoms with van der Waals surface area (Å²) in [6, 6.07) is 8.48. The van der Waals surface area contributed by atoms with Crippen LogP contribution in [0, 0.1) is 19.3 Å². The zero-order valence-corrected chi connectivity index (χ0v) is 12.6. The number of rotatable bonds is 2. The average Bonchev–Trinajstić information content (AvgIpc) is 2.42. The molecule has 0 atom stereocenters. The van der Waals surface area contributed by atoms with Crippen LogP contribution >= 0.6 is 0 Å².